The minimum absolute atomic E-state index is 0. The number of fused-ring (bicyclic) bond motifs is 3. The summed E-state index contributed by atoms with van der Waals surface area (Å²) in [6.45, 7) is 10.1. The second-order valence-electron chi connectivity index (χ2n) is 24.6. The van der Waals surface area contributed by atoms with Gasteiger partial charge in [-0.15, -0.1) is 24.8 Å². The highest BCUT2D eigenvalue weighted by molar-refractivity contribution is 5.94. The number of benzene rings is 3. The molecule has 6 aliphatic rings. The fraction of sp³-hybridized carbons (Fsp3) is 0.516. The SMILES string of the molecule is CC(C)(C)OC(=O)N1CCc2[nH]ncc2C1.Cl.Cl.Fc1cc(C2CCNCC2)cc(C(F)(F)F)c1.O=C(c1n[nH]c2c1CCCC2)N1CCC(c2cc(F)cc(C(F)(F)F)c2)CC1.O=C(c1n[nH]c2c1CCCC2)N1CCC(c2cc(F)cc(C(F)(F)F)c2)CC1.O=C=O. The predicted octanol–water partition coefficient (Wildman–Crippen LogP) is 14.2. The number of hydrogen-bond acceptors (Lipinski definition) is 10. The highest BCUT2D eigenvalue weighted by Crippen LogP contribution is 2.39. The normalized spacial score (nSPS) is 16.9. The molecule has 7 heterocycles. The number of nitrogens with zero attached hydrogens (tertiary/aromatic N) is 6. The Balaban J connectivity index is 0.000000200. The van der Waals surface area contributed by atoms with Crippen molar-refractivity contribution in [2.75, 3.05) is 45.8 Å². The first-order chi connectivity index (χ1) is 43.5. The Morgan fingerprint density at radius 1 is 0.500 bits per heavy atom. The summed E-state index contributed by atoms with van der Waals surface area (Å²) in [6.07, 6.45) is 0.174. The maximum absolute atomic E-state index is 13.7. The molecule has 0 unspecified atom stereocenters. The molecule has 3 fully saturated rings. The Kier molecular flexibility index (Phi) is 26.4. The average molecular weight is 1380 g/mol. The number of alkyl halides is 9. The van der Waals surface area contributed by atoms with Crippen molar-refractivity contribution in [1.29, 1.82) is 0 Å². The van der Waals surface area contributed by atoms with Crippen molar-refractivity contribution in [3.05, 3.63) is 157 Å². The van der Waals surface area contributed by atoms with Crippen LogP contribution >= 0.6 is 24.8 Å². The predicted molar refractivity (Wildman–Crippen MR) is 324 cm³/mol. The summed E-state index contributed by atoms with van der Waals surface area (Å²) in [6, 6.07) is 8.24. The summed E-state index contributed by atoms with van der Waals surface area (Å²) in [5.41, 5.74) is 5.08. The van der Waals surface area contributed by atoms with Gasteiger partial charge in [0, 0.05) is 72.9 Å². The van der Waals surface area contributed by atoms with Crippen molar-refractivity contribution in [1.82, 2.24) is 50.6 Å². The molecule has 12 rings (SSSR count). The van der Waals surface area contributed by atoms with E-state index in [9.17, 15) is 67.1 Å². The molecule has 30 heteroatoms. The number of aromatic nitrogens is 6. The number of halogens is 14. The van der Waals surface area contributed by atoms with E-state index in [1.54, 1.807) is 20.9 Å². The molecule has 94 heavy (non-hydrogen) atoms. The smallest absolute Gasteiger partial charge is 0.416 e. The fourth-order valence-corrected chi connectivity index (χ4v) is 12.3. The third kappa shape index (κ3) is 20.3. The molecule has 16 nitrogen and oxygen atoms in total. The molecule has 3 aromatic carbocycles. The number of rotatable bonds is 5. The van der Waals surface area contributed by atoms with Gasteiger partial charge in [-0.3, -0.25) is 24.9 Å². The Bertz CT molecular complexity index is 3390. The lowest BCUT2D eigenvalue weighted by Gasteiger charge is -2.32. The Morgan fingerprint density at radius 3 is 1.24 bits per heavy atom. The monoisotopic (exact) mass is 1380 g/mol. The number of piperidine rings is 3. The minimum Gasteiger partial charge on any atom is -0.444 e. The second-order valence-corrected chi connectivity index (χ2v) is 24.6. The molecule has 3 amide bonds. The number of aryl methyl sites for hydroxylation is 2. The Hall–Kier alpha value is -7.42. The molecule has 3 saturated heterocycles. The zero-order valence-electron chi connectivity index (χ0n) is 51.8. The van der Waals surface area contributed by atoms with Gasteiger partial charge < -0.3 is 24.8 Å². The van der Waals surface area contributed by atoms with Crippen molar-refractivity contribution in [2.24, 2.45) is 0 Å². The number of likely N-dealkylation sites (tertiary alicyclic amines) is 2. The maximum Gasteiger partial charge on any atom is 0.416 e. The van der Waals surface area contributed by atoms with Crippen LogP contribution in [0.4, 0.5) is 57.5 Å². The van der Waals surface area contributed by atoms with E-state index in [-0.39, 0.29) is 66.6 Å². The number of aromatic amines is 3. The maximum atomic E-state index is 13.7. The molecule has 0 spiro atoms. The topological polar surface area (TPSA) is 202 Å². The van der Waals surface area contributed by atoms with Crippen molar-refractivity contribution >= 4 is 48.9 Å². The molecule has 0 bridgehead atoms. The average Bonchev–Trinajstić information content (AvgIpc) is 1.37. The van der Waals surface area contributed by atoms with Gasteiger partial charge >= 0.3 is 30.8 Å². The number of nitrogens with one attached hydrogen (secondary N) is 4. The quantitative estimate of drug-likeness (QED) is 0.120. The lowest BCUT2D eigenvalue weighted by atomic mass is 9.88. The molecule has 4 aliphatic heterocycles. The second kappa shape index (κ2) is 32.8. The van der Waals surface area contributed by atoms with E-state index in [1.165, 1.54) is 18.2 Å². The largest absolute Gasteiger partial charge is 0.444 e. The standard InChI is InChI=1S/2C20H21F4N3O.C12H13F4N.C11H17N3O2.CO2.2ClH/c2*21-15-10-13(9-14(11-15)20(22,23)24)12-5-7-27(8-6-12)19(28)18-16-3-1-2-4-17(16)25-26-18;13-11-6-9(8-1-3-17-4-2-8)5-10(7-11)12(14,15)16;1-11(2,3)16-10(15)14-5-4-9-8(7-14)6-12-13-9;2-1-3;;/h2*9-12H,1-8H2,(H,25,26);5-8,17H,1-4H2;6H,4-5,7H2,1-3H3,(H,12,13);;2*1H. The first-order valence-electron chi connectivity index (χ1n) is 30.5. The van der Waals surface area contributed by atoms with Crippen LogP contribution < -0.4 is 5.32 Å². The number of hydrogen-bond donors (Lipinski definition) is 4. The molecule has 0 saturated carbocycles. The van der Waals surface area contributed by atoms with Crippen molar-refractivity contribution < 1.29 is 81.4 Å². The molecule has 3 aromatic heterocycles. The van der Waals surface area contributed by atoms with E-state index in [2.05, 4.69) is 35.9 Å². The van der Waals surface area contributed by atoms with Crippen LogP contribution in [0.3, 0.4) is 0 Å². The van der Waals surface area contributed by atoms with E-state index >= 15 is 0 Å². The van der Waals surface area contributed by atoms with Crippen LogP contribution in [0.2, 0.25) is 0 Å². The molecule has 4 N–H and O–H groups in total. The van der Waals surface area contributed by atoms with E-state index in [0.717, 1.165) is 136 Å². The van der Waals surface area contributed by atoms with Crippen LogP contribution in [0.1, 0.15) is 191 Å². The van der Waals surface area contributed by atoms with Crippen LogP contribution in [0.15, 0.2) is 60.8 Å². The zero-order chi connectivity index (χ0) is 66.7. The van der Waals surface area contributed by atoms with Crippen LogP contribution in [0, 0.1) is 17.5 Å². The van der Waals surface area contributed by atoms with Gasteiger partial charge in [0.2, 0.25) is 0 Å². The van der Waals surface area contributed by atoms with Gasteiger partial charge in [0.25, 0.3) is 11.8 Å². The molecule has 514 valence electrons. The first-order valence-corrected chi connectivity index (χ1v) is 30.5. The van der Waals surface area contributed by atoms with E-state index in [1.807, 2.05) is 20.8 Å². The molecular weight excluding hydrogens is 1300 g/mol. The summed E-state index contributed by atoms with van der Waals surface area (Å²) in [5.74, 6) is -3.22. The lowest BCUT2D eigenvalue weighted by molar-refractivity contribution is -0.191. The van der Waals surface area contributed by atoms with Gasteiger partial charge in [-0.25, -0.2) is 18.0 Å². The Morgan fingerprint density at radius 2 is 0.872 bits per heavy atom. The summed E-state index contributed by atoms with van der Waals surface area (Å²) >= 11 is 0. The van der Waals surface area contributed by atoms with E-state index in [4.69, 9.17) is 14.3 Å². The highest BCUT2D eigenvalue weighted by atomic mass is 35.5. The summed E-state index contributed by atoms with van der Waals surface area (Å²) in [5, 5.41) is 24.4. The fourth-order valence-electron chi connectivity index (χ4n) is 12.3. The number of carbonyl (C=O) groups excluding carboxylic acids is 5. The van der Waals surface area contributed by atoms with Crippen LogP contribution in [-0.2, 0) is 71.5 Å². The zero-order valence-corrected chi connectivity index (χ0v) is 53.4. The van der Waals surface area contributed by atoms with Crippen molar-refractivity contribution in [3.8, 4) is 0 Å². The van der Waals surface area contributed by atoms with E-state index in [0.29, 0.717) is 111 Å². The van der Waals surface area contributed by atoms with Crippen LogP contribution in [0.25, 0.3) is 0 Å². The molecule has 2 aliphatic carbocycles. The molecule has 6 aromatic rings. The Labute approximate surface area is 546 Å². The highest BCUT2D eigenvalue weighted by Gasteiger charge is 2.37. The number of carbonyl (C=O) groups is 3. The third-order valence-corrected chi connectivity index (χ3v) is 17.0. The lowest BCUT2D eigenvalue weighted by Crippen LogP contribution is -2.39. The van der Waals surface area contributed by atoms with Crippen molar-refractivity contribution in [2.45, 2.75) is 166 Å². The number of amides is 3. The molecule has 0 atom stereocenters. The molecule has 0 radical (unpaired) electrons. The molecular formula is C64H74Cl2F12N10O6. The first kappa shape index (κ1) is 75.6. The summed E-state index contributed by atoms with van der Waals surface area (Å²) in [7, 11) is 0. The van der Waals surface area contributed by atoms with Gasteiger partial charge in [-0.2, -0.15) is 64.4 Å². The van der Waals surface area contributed by atoms with Gasteiger partial charge in [-0.1, -0.05) is 0 Å². The number of H-pyrrole nitrogens is 3. The van der Waals surface area contributed by atoms with Gasteiger partial charge in [0.05, 0.1) is 29.4 Å². The van der Waals surface area contributed by atoms with Crippen LogP contribution in [-0.4, -0.2) is 121 Å². The third-order valence-electron chi connectivity index (χ3n) is 17.0. The van der Waals surface area contributed by atoms with Gasteiger partial charge in [-0.05, 0) is 213 Å². The summed E-state index contributed by atoms with van der Waals surface area (Å²) < 4.78 is 161. The van der Waals surface area contributed by atoms with Crippen molar-refractivity contribution in [3.63, 3.8) is 0 Å². The minimum atomic E-state index is -4.58. The number of ether oxygens (including phenoxy) is 1. The van der Waals surface area contributed by atoms with Gasteiger partial charge in [0.15, 0.2) is 11.4 Å². The summed E-state index contributed by atoms with van der Waals surface area (Å²) in [4.78, 5) is 58.9. The van der Waals surface area contributed by atoms with E-state index < -0.39 is 58.3 Å². The van der Waals surface area contributed by atoms with Gasteiger partial charge in [0.1, 0.15) is 23.1 Å². The van der Waals surface area contributed by atoms with Crippen LogP contribution in [0.5, 0.6) is 0 Å².